The minimum absolute atomic E-state index is 0.155. The third-order valence-corrected chi connectivity index (χ3v) is 2.94. The van der Waals surface area contributed by atoms with E-state index in [2.05, 4.69) is 15.1 Å². The standard InChI is InChI=1S/C14H12N4O2/c1-20-12-6-3-2-5-10(12)11-9-13(19)18(17-11)14-15-7-4-8-16-14/h2-8H,9H2,1H3. The molecule has 0 spiro atoms. The summed E-state index contributed by atoms with van der Waals surface area (Å²) in [5, 5.41) is 5.54. The summed E-state index contributed by atoms with van der Waals surface area (Å²) >= 11 is 0. The van der Waals surface area contributed by atoms with Crippen molar-refractivity contribution in [1.82, 2.24) is 9.97 Å². The quantitative estimate of drug-likeness (QED) is 0.848. The van der Waals surface area contributed by atoms with Gasteiger partial charge in [-0.05, 0) is 18.2 Å². The smallest absolute Gasteiger partial charge is 0.256 e. The lowest BCUT2D eigenvalue weighted by Gasteiger charge is -2.08. The fourth-order valence-electron chi connectivity index (χ4n) is 2.02. The van der Waals surface area contributed by atoms with E-state index in [1.165, 1.54) is 5.01 Å². The minimum atomic E-state index is -0.155. The van der Waals surface area contributed by atoms with Crippen LogP contribution >= 0.6 is 0 Å². The molecule has 2 heterocycles. The maximum atomic E-state index is 12.0. The molecule has 0 aliphatic carbocycles. The number of carbonyl (C=O) groups excluding carboxylic acids is 1. The number of hydrazone groups is 1. The molecule has 0 atom stereocenters. The lowest BCUT2D eigenvalue weighted by atomic mass is 10.1. The Morgan fingerprint density at radius 3 is 2.65 bits per heavy atom. The van der Waals surface area contributed by atoms with Crippen LogP contribution in [0.3, 0.4) is 0 Å². The summed E-state index contributed by atoms with van der Waals surface area (Å²) in [5.74, 6) is 0.814. The number of carbonyl (C=O) groups is 1. The molecule has 0 saturated heterocycles. The third-order valence-electron chi connectivity index (χ3n) is 2.94. The van der Waals surface area contributed by atoms with Crippen molar-refractivity contribution in [2.45, 2.75) is 6.42 Å². The van der Waals surface area contributed by atoms with Gasteiger partial charge >= 0.3 is 0 Å². The van der Waals surface area contributed by atoms with Crippen LogP contribution in [0.5, 0.6) is 5.75 Å². The van der Waals surface area contributed by atoms with Crippen LogP contribution in [0, 0.1) is 0 Å². The number of nitrogens with zero attached hydrogens (tertiary/aromatic N) is 4. The van der Waals surface area contributed by atoms with Crippen molar-refractivity contribution in [2.75, 3.05) is 12.1 Å². The highest BCUT2D eigenvalue weighted by Gasteiger charge is 2.29. The van der Waals surface area contributed by atoms with E-state index in [0.29, 0.717) is 11.5 Å². The van der Waals surface area contributed by atoms with Crippen LogP contribution < -0.4 is 9.75 Å². The molecule has 1 aliphatic heterocycles. The average molecular weight is 268 g/mol. The lowest BCUT2D eigenvalue weighted by Crippen LogP contribution is -2.21. The molecule has 1 aromatic heterocycles. The zero-order valence-electron chi connectivity index (χ0n) is 10.9. The fourth-order valence-corrected chi connectivity index (χ4v) is 2.02. The van der Waals surface area contributed by atoms with Crippen molar-refractivity contribution < 1.29 is 9.53 Å². The molecule has 0 fully saturated rings. The zero-order valence-corrected chi connectivity index (χ0v) is 10.9. The fraction of sp³-hybridized carbons (Fsp3) is 0.143. The van der Waals surface area contributed by atoms with Crippen LogP contribution in [-0.2, 0) is 4.79 Å². The monoisotopic (exact) mass is 268 g/mol. The Hall–Kier alpha value is -2.76. The predicted molar refractivity (Wildman–Crippen MR) is 73.7 cm³/mol. The number of amides is 1. The number of aromatic nitrogens is 2. The molecule has 6 nitrogen and oxygen atoms in total. The van der Waals surface area contributed by atoms with Gasteiger partial charge in [-0.3, -0.25) is 4.79 Å². The summed E-state index contributed by atoms with van der Waals surface area (Å²) in [4.78, 5) is 20.1. The molecule has 1 amide bonds. The van der Waals surface area contributed by atoms with Crippen molar-refractivity contribution in [3.8, 4) is 5.75 Å². The molecule has 0 N–H and O–H groups in total. The summed E-state index contributed by atoms with van der Waals surface area (Å²) in [6.07, 6.45) is 3.36. The van der Waals surface area contributed by atoms with E-state index in [0.717, 1.165) is 5.56 Å². The van der Waals surface area contributed by atoms with E-state index in [-0.39, 0.29) is 18.3 Å². The van der Waals surface area contributed by atoms with Crippen LogP contribution in [-0.4, -0.2) is 28.7 Å². The third kappa shape index (κ3) is 2.11. The van der Waals surface area contributed by atoms with Gasteiger partial charge in [-0.15, -0.1) is 0 Å². The van der Waals surface area contributed by atoms with E-state index in [9.17, 15) is 4.79 Å². The highest BCUT2D eigenvalue weighted by atomic mass is 16.5. The van der Waals surface area contributed by atoms with Gasteiger partial charge in [0.15, 0.2) is 0 Å². The number of anilines is 1. The van der Waals surface area contributed by atoms with E-state index in [1.807, 2.05) is 24.3 Å². The molecular weight excluding hydrogens is 256 g/mol. The number of hydrogen-bond donors (Lipinski definition) is 0. The molecular formula is C14H12N4O2. The first-order chi connectivity index (χ1) is 9.79. The number of methoxy groups -OCH3 is 1. The molecule has 0 unspecified atom stereocenters. The van der Waals surface area contributed by atoms with Crippen LogP contribution in [0.4, 0.5) is 5.95 Å². The summed E-state index contributed by atoms with van der Waals surface area (Å²) in [7, 11) is 1.59. The van der Waals surface area contributed by atoms with Gasteiger partial charge in [0.05, 0.1) is 19.2 Å². The van der Waals surface area contributed by atoms with Crippen LogP contribution in [0.2, 0.25) is 0 Å². The molecule has 1 aliphatic rings. The van der Waals surface area contributed by atoms with Crippen LogP contribution in [0.15, 0.2) is 47.8 Å². The van der Waals surface area contributed by atoms with Gasteiger partial charge in [0.25, 0.3) is 11.9 Å². The number of ether oxygens (including phenoxy) is 1. The van der Waals surface area contributed by atoms with Gasteiger partial charge < -0.3 is 4.74 Å². The van der Waals surface area contributed by atoms with Gasteiger partial charge in [-0.25, -0.2) is 9.97 Å². The van der Waals surface area contributed by atoms with Gasteiger partial charge in [-0.2, -0.15) is 10.1 Å². The topological polar surface area (TPSA) is 67.7 Å². The summed E-state index contributed by atoms with van der Waals surface area (Å²) in [6.45, 7) is 0. The maximum Gasteiger partial charge on any atom is 0.256 e. The largest absolute Gasteiger partial charge is 0.496 e. The van der Waals surface area contributed by atoms with Gasteiger partial charge in [0.1, 0.15) is 5.75 Å². The first kappa shape index (κ1) is 12.3. The van der Waals surface area contributed by atoms with E-state index >= 15 is 0 Å². The van der Waals surface area contributed by atoms with Gasteiger partial charge in [0.2, 0.25) is 0 Å². The Kier molecular flexibility index (Phi) is 3.12. The molecule has 100 valence electrons. The van der Waals surface area contributed by atoms with Crippen molar-refractivity contribution in [1.29, 1.82) is 0 Å². The SMILES string of the molecule is COc1ccccc1C1=NN(c2ncccn2)C(=O)C1. The Morgan fingerprint density at radius 1 is 1.15 bits per heavy atom. The number of rotatable bonds is 3. The van der Waals surface area contributed by atoms with Crippen molar-refractivity contribution >= 4 is 17.6 Å². The van der Waals surface area contributed by atoms with Crippen molar-refractivity contribution in [3.05, 3.63) is 48.3 Å². The van der Waals surface area contributed by atoms with Gasteiger partial charge in [0, 0.05) is 18.0 Å². The second-order valence-corrected chi connectivity index (χ2v) is 4.18. The molecule has 1 aromatic carbocycles. The predicted octanol–water partition coefficient (Wildman–Crippen LogP) is 1.63. The summed E-state index contributed by atoms with van der Waals surface area (Å²) < 4.78 is 5.29. The minimum Gasteiger partial charge on any atom is -0.496 e. The van der Waals surface area contributed by atoms with E-state index in [4.69, 9.17) is 4.74 Å². The van der Waals surface area contributed by atoms with E-state index in [1.54, 1.807) is 25.6 Å². The Morgan fingerprint density at radius 2 is 1.90 bits per heavy atom. The summed E-state index contributed by atoms with van der Waals surface area (Å²) in [5.41, 5.74) is 1.46. The van der Waals surface area contributed by atoms with Gasteiger partial charge in [-0.1, -0.05) is 12.1 Å². The maximum absolute atomic E-state index is 12.0. The zero-order chi connectivity index (χ0) is 13.9. The molecule has 0 bridgehead atoms. The molecule has 2 aromatic rings. The highest BCUT2D eigenvalue weighted by molar-refractivity contribution is 6.19. The van der Waals surface area contributed by atoms with Crippen LogP contribution in [0.25, 0.3) is 0 Å². The lowest BCUT2D eigenvalue weighted by molar-refractivity contribution is -0.117. The molecule has 0 saturated carbocycles. The van der Waals surface area contributed by atoms with E-state index < -0.39 is 0 Å². The molecule has 6 heteroatoms. The first-order valence-electron chi connectivity index (χ1n) is 6.10. The highest BCUT2D eigenvalue weighted by Crippen LogP contribution is 2.25. The second kappa shape index (κ2) is 5.08. The molecule has 3 rings (SSSR count). The Balaban J connectivity index is 1.98. The normalized spacial score (nSPS) is 14.3. The average Bonchev–Trinajstić information content (AvgIpc) is 2.90. The second-order valence-electron chi connectivity index (χ2n) is 4.18. The number of benzene rings is 1. The van der Waals surface area contributed by atoms with Crippen molar-refractivity contribution in [3.63, 3.8) is 0 Å². The number of hydrogen-bond acceptors (Lipinski definition) is 5. The first-order valence-corrected chi connectivity index (χ1v) is 6.10. The van der Waals surface area contributed by atoms with Crippen LogP contribution in [0.1, 0.15) is 12.0 Å². The number of para-hydroxylation sites is 1. The Bertz CT molecular complexity index is 670. The van der Waals surface area contributed by atoms with Crippen molar-refractivity contribution in [2.24, 2.45) is 5.10 Å². The molecule has 20 heavy (non-hydrogen) atoms. The molecule has 0 radical (unpaired) electrons. The summed E-state index contributed by atoms with van der Waals surface area (Å²) in [6, 6.07) is 9.16. The Labute approximate surface area is 115 Å².